The third-order valence-corrected chi connectivity index (χ3v) is 5.53. The second-order valence-corrected chi connectivity index (χ2v) is 6.58. The molecule has 0 amide bonds. The Bertz CT molecular complexity index is 209. The molecule has 16 heavy (non-hydrogen) atoms. The van der Waals surface area contributed by atoms with Crippen LogP contribution in [0.15, 0.2) is 0 Å². The van der Waals surface area contributed by atoms with Gasteiger partial charge in [-0.2, -0.15) is 0 Å². The van der Waals surface area contributed by atoms with E-state index in [1.165, 1.54) is 57.8 Å². The van der Waals surface area contributed by atoms with E-state index >= 15 is 0 Å². The fraction of sp³-hybridized carbons (Fsp3) is 1.00. The molecule has 2 aliphatic carbocycles. The molecule has 0 heterocycles. The second-order valence-electron chi connectivity index (χ2n) is 6.58. The van der Waals surface area contributed by atoms with E-state index in [0.29, 0.717) is 11.5 Å². The maximum atomic E-state index is 6.57. The minimum Gasteiger partial charge on any atom is -0.327 e. The third-order valence-electron chi connectivity index (χ3n) is 5.53. The summed E-state index contributed by atoms with van der Waals surface area (Å²) in [6.07, 6.45) is 12.6. The zero-order valence-corrected chi connectivity index (χ0v) is 11.2. The molecular formula is C15H29N. The van der Waals surface area contributed by atoms with E-state index in [4.69, 9.17) is 5.73 Å². The minimum atomic E-state index is 0.476. The summed E-state index contributed by atoms with van der Waals surface area (Å²) in [7, 11) is 0. The monoisotopic (exact) mass is 223 g/mol. The Labute approximate surface area is 101 Å². The van der Waals surface area contributed by atoms with Crippen LogP contribution in [-0.4, -0.2) is 6.04 Å². The van der Waals surface area contributed by atoms with E-state index in [2.05, 4.69) is 13.8 Å². The topological polar surface area (TPSA) is 26.0 Å². The van der Waals surface area contributed by atoms with E-state index in [9.17, 15) is 0 Å². The van der Waals surface area contributed by atoms with Crippen LogP contribution in [0.3, 0.4) is 0 Å². The van der Waals surface area contributed by atoms with Gasteiger partial charge in [0.15, 0.2) is 0 Å². The second kappa shape index (κ2) is 5.08. The quantitative estimate of drug-likeness (QED) is 0.765. The molecule has 2 fully saturated rings. The predicted molar refractivity (Wildman–Crippen MR) is 70.3 cm³/mol. The number of hydrogen-bond donors (Lipinski definition) is 1. The van der Waals surface area contributed by atoms with E-state index in [1.807, 2.05) is 0 Å². The number of rotatable bonds is 3. The molecule has 1 heteroatoms. The molecule has 0 aromatic rings. The first-order valence-electron chi connectivity index (χ1n) is 7.41. The van der Waals surface area contributed by atoms with E-state index < -0.39 is 0 Å². The first-order valence-corrected chi connectivity index (χ1v) is 7.41. The van der Waals surface area contributed by atoms with Gasteiger partial charge >= 0.3 is 0 Å². The third kappa shape index (κ3) is 2.45. The molecule has 0 aromatic heterocycles. The van der Waals surface area contributed by atoms with Gasteiger partial charge in [0.05, 0.1) is 0 Å². The van der Waals surface area contributed by atoms with E-state index in [0.717, 1.165) is 11.8 Å². The van der Waals surface area contributed by atoms with E-state index in [-0.39, 0.29) is 0 Å². The molecule has 0 saturated heterocycles. The average molecular weight is 223 g/mol. The minimum absolute atomic E-state index is 0.476. The van der Waals surface area contributed by atoms with Gasteiger partial charge in [0.25, 0.3) is 0 Å². The Hall–Kier alpha value is -0.0400. The fourth-order valence-corrected chi connectivity index (χ4v) is 4.04. The molecule has 0 radical (unpaired) electrons. The van der Waals surface area contributed by atoms with Crippen molar-refractivity contribution >= 4 is 0 Å². The molecule has 0 spiro atoms. The normalized spacial score (nSPS) is 36.2. The van der Waals surface area contributed by atoms with Crippen LogP contribution < -0.4 is 5.73 Å². The summed E-state index contributed by atoms with van der Waals surface area (Å²) < 4.78 is 0. The van der Waals surface area contributed by atoms with Crippen LogP contribution in [0, 0.1) is 17.3 Å². The summed E-state index contributed by atoms with van der Waals surface area (Å²) in [5.41, 5.74) is 7.05. The molecule has 1 atom stereocenters. The van der Waals surface area contributed by atoms with Crippen molar-refractivity contribution in [3.63, 3.8) is 0 Å². The van der Waals surface area contributed by atoms with Crippen LogP contribution in [0.2, 0.25) is 0 Å². The maximum absolute atomic E-state index is 6.57. The maximum Gasteiger partial charge on any atom is 0.0121 e. The van der Waals surface area contributed by atoms with Crippen molar-refractivity contribution in [3.8, 4) is 0 Å². The lowest BCUT2D eigenvalue weighted by atomic mass is 9.68. The summed E-state index contributed by atoms with van der Waals surface area (Å²) >= 11 is 0. The Kier molecular flexibility index (Phi) is 3.94. The highest BCUT2D eigenvalue weighted by molar-refractivity contribution is 4.94. The summed E-state index contributed by atoms with van der Waals surface area (Å²) in [5, 5.41) is 0. The smallest absolute Gasteiger partial charge is 0.0121 e. The van der Waals surface area contributed by atoms with Gasteiger partial charge < -0.3 is 5.73 Å². The Balaban J connectivity index is 1.88. The van der Waals surface area contributed by atoms with Gasteiger partial charge in [-0.3, -0.25) is 0 Å². The van der Waals surface area contributed by atoms with Crippen LogP contribution >= 0.6 is 0 Å². The van der Waals surface area contributed by atoms with Crippen molar-refractivity contribution in [2.75, 3.05) is 0 Å². The molecule has 0 bridgehead atoms. The van der Waals surface area contributed by atoms with Gasteiger partial charge in [0.2, 0.25) is 0 Å². The first-order chi connectivity index (χ1) is 7.65. The number of nitrogens with two attached hydrogens (primary N) is 1. The number of hydrogen-bond acceptors (Lipinski definition) is 1. The zero-order chi connectivity index (χ0) is 11.6. The standard InChI is InChI=1S/C15H29N/c1-3-12-6-8-13(9-7-12)14(16)15(2)10-4-5-11-15/h12-14H,3-11,16H2,1-2H3. The van der Waals surface area contributed by atoms with Gasteiger partial charge in [-0.25, -0.2) is 0 Å². The van der Waals surface area contributed by atoms with Crippen molar-refractivity contribution in [3.05, 3.63) is 0 Å². The summed E-state index contributed by atoms with van der Waals surface area (Å²) in [5.74, 6) is 1.82. The van der Waals surface area contributed by atoms with Crippen LogP contribution in [0.1, 0.15) is 71.6 Å². The van der Waals surface area contributed by atoms with Crippen LogP contribution in [0.5, 0.6) is 0 Å². The van der Waals surface area contributed by atoms with Crippen molar-refractivity contribution < 1.29 is 0 Å². The van der Waals surface area contributed by atoms with Crippen LogP contribution in [-0.2, 0) is 0 Å². The Morgan fingerprint density at radius 3 is 2.19 bits per heavy atom. The molecule has 94 valence electrons. The first kappa shape index (κ1) is 12.4. The lowest BCUT2D eigenvalue weighted by molar-refractivity contribution is 0.144. The molecule has 2 saturated carbocycles. The van der Waals surface area contributed by atoms with Crippen molar-refractivity contribution in [1.29, 1.82) is 0 Å². The van der Waals surface area contributed by atoms with Crippen molar-refractivity contribution in [2.24, 2.45) is 23.0 Å². The fourth-order valence-electron chi connectivity index (χ4n) is 4.04. The SMILES string of the molecule is CCC1CCC(C(N)C2(C)CCCC2)CC1. The van der Waals surface area contributed by atoms with Gasteiger partial charge in [-0.15, -0.1) is 0 Å². The van der Waals surface area contributed by atoms with Crippen LogP contribution in [0.25, 0.3) is 0 Å². The summed E-state index contributed by atoms with van der Waals surface area (Å²) in [4.78, 5) is 0. The molecule has 2 N–H and O–H groups in total. The molecule has 0 aliphatic heterocycles. The van der Waals surface area contributed by atoms with Crippen molar-refractivity contribution in [2.45, 2.75) is 77.7 Å². The van der Waals surface area contributed by atoms with Gasteiger partial charge in [0, 0.05) is 6.04 Å². The summed E-state index contributed by atoms with van der Waals surface area (Å²) in [6, 6.07) is 0.479. The van der Waals surface area contributed by atoms with Gasteiger partial charge in [-0.1, -0.05) is 46.0 Å². The van der Waals surface area contributed by atoms with Gasteiger partial charge in [0.1, 0.15) is 0 Å². The predicted octanol–water partition coefficient (Wildman–Crippen LogP) is 4.11. The Morgan fingerprint density at radius 1 is 1.12 bits per heavy atom. The van der Waals surface area contributed by atoms with Crippen molar-refractivity contribution in [1.82, 2.24) is 0 Å². The van der Waals surface area contributed by atoms with Gasteiger partial charge in [-0.05, 0) is 42.9 Å². The largest absolute Gasteiger partial charge is 0.327 e. The lowest BCUT2D eigenvalue weighted by Crippen LogP contribution is -2.44. The summed E-state index contributed by atoms with van der Waals surface area (Å²) in [6.45, 7) is 4.78. The molecule has 2 aliphatic rings. The molecule has 1 unspecified atom stereocenters. The molecular weight excluding hydrogens is 194 g/mol. The molecule has 0 aromatic carbocycles. The lowest BCUT2D eigenvalue weighted by Gasteiger charge is -2.40. The van der Waals surface area contributed by atoms with E-state index in [1.54, 1.807) is 0 Å². The highest BCUT2D eigenvalue weighted by atomic mass is 14.7. The Morgan fingerprint density at radius 2 is 1.69 bits per heavy atom. The highest BCUT2D eigenvalue weighted by Gasteiger charge is 2.39. The van der Waals surface area contributed by atoms with Crippen LogP contribution in [0.4, 0.5) is 0 Å². The molecule has 2 rings (SSSR count). The molecule has 1 nitrogen and oxygen atoms in total. The highest BCUT2D eigenvalue weighted by Crippen LogP contribution is 2.45. The zero-order valence-electron chi connectivity index (χ0n) is 11.2. The average Bonchev–Trinajstić information content (AvgIpc) is 2.77.